The number of pyridine rings is 1. The Bertz CT molecular complexity index is 870. The van der Waals surface area contributed by atoms with Crippen LogP contribution in [0.25, 0.3) is 0 Å². The maximum absolute atomic E-state index is 12.3. The summed E-state index contributed by atoms with van der Waals surface area (Å²) in [6.07, 6.45) is 5.55. The number of para-hydroxylation sites is 1. The maximum Gasteiger partial charge on any atom is 0.219 e. The number of hydrogen-bond donors (Lipinski definition) is 2. The molecule has 6 nitrogen and oxygen atoms in total. The molecule has 2 aromatic rings. The molecule has 1 aromatic carbocycles. The molecule has 29 heavy (non-hydrogen) atoms. The van der Waals surface area contributed by atoms with Crippen molar-refractivity contribution in [2.75, 3.05) is 11.9 Å². The van der Waals surface area contributed by atoms with E-state index in [4.69, 9.17) is 4.74 Å². The van der Waals surface area contributed by atoms with E-state index in [0.29, 0.717) is 11.8 Å². The highest BCUT2D eigenvalue weighted by Crippen LogP contribution is 2.27. The van der Waals surface area contributed by atoms with Gasteiger partial charge in [-0.25, -0.2) is 18.1 Å². The minimum atomic E-state index is -3.28. The van der Waals surface area contributed by atoms with Gasteiger partial charge in [-0.05, 0) is 70.6 Å². The third kappa shape index (κ3) is 6.18. The zero-order valence-electron chi connectivity index (χ0n) is 17.4. The molecule has 3 rings (SSSR count). The molecular weight excluding hydrogens is 386 g/mol. The molecule has 158 valence electrons. The van der Waals surface area contributed by atoms with E-state index in [0.717, 1.165) is 43.7 Å². The fourth-order valence-corrected chi connectivity index (χ4v) is 4.33. The zero-order valence-corrected chi connectivity index (χ0v) is 18.2. The van der Waals surface area contributed by atoms with Crippen LogP contribution < -0.4 is 14.8 Å². The molecule has 7 heteroatoms. The van der Waals surface area contributed by atoms with Gasteiger partial charge in [-0.15, -0.1) is 0 Å². The van der Waals surface area contributed by atoms with E-state index in [-0.39, 0.29) is 6.04 Å². The summed E-state index contributed by atoms with van der Waals surface area (Å²) in [7, 11) is -3.28. The van der Waals surface area contributed by atoms with Gasteiger partial charge in [-0.3, -0.25) is 0 Å². The van der Waals surface area contributed by atoms with E-state index in [1.165, 1.54) is 0 Å². The average molecular weight is 418 g/mol. The van der Waals surface area contributed by atoms with Crippen molar-refractivity contribution >= 4 is 15.7 Å². The molecule has 1 fully saturated rings. The Morgan fingerprint density at radius 1 is 1.03 bits per heavy atom. The van der Waals surface area contributed by atoms with Gasteiger partial charge < -0.3 is 10.1 Å². The Hall–Kier alpha value is -2.12. The third-order valence-corrected chi connectivity index (χ3v) is 7.53. The van der Waals surface area contributed by atoms with Crippen LogP contribution in [-0.4, -0.2) is 30.7 Å². The van der Waals surface area contributed by atoms with Gasteiger partial charge in [0.25, 0.3) is 0 Å². The molecule has 0 radical (unpaired) electrons. The highest BCUT2D eigenvalue weighted by molar-refractivity contribution is 7.90. The number of nitrogens with zero attached hydrogens (tertiary/aromatic N) is 1. The van der Waals surface area contributed by atoms with Crippen LogP contribution in [0.1, 0.15) is 46.5 Å². The molecule has 0 bridgehead atoms. The third-order valence-electron chi connectivity index (χ3n) is 5.27. The molecule has 0 amide bonds. The zero-order chi connectivity index (χ0) is 20.9. The van der Waals surface area contributed by atoms with Gasteiger partial charge in [-0.2, -0.15) is 0 Å². The second-order valence-corrected chi connectivity index (χ2v) is 11.1. The van der Waals surface area contributed by atoms with Crippen LogP contribution in [0.2, 0.25) is 0 Å². The molecule has 0 aliphatic heterocycles. The normalized spacial score (nSPS) is 20.2. The highest BCUT2D eigenvalue weighted by Gasteiger charge is 2.32. The van der Waals surface area contributed by atoms with Gasteiger partial charge in [-0.1, -0.05) is 18.2 Å². The first-order valence-electron chi connectivity index (χ1n) is 10.2. The van der Waals surface area contributed by atoms with Crippen molar-refractivity contribution in [3.8, 4) is 11.6 Å². The molecule has 0 atom stereocenters. The molecule has 0 unspecified atom stereocenters. The van der Waals surface area contributed by atoms with Gasteiger partial charge in [0.15, 0.2) is 0 Å². The van der Waals surface area contributed by atoms with Crippen molar-refractivity contribution in [3.63, 3.8) is 0 Å². The molecule has 1 saturated carbocycles. The van der Waals surface area contributed by atoms with Crippen LogP contribution in [0.3, 0.4) is 0 Å². The number of benzene rings is 1. The van der Waals surface area contributed by atoms with Crippen LogP contribution in [0.5, 0.6) is 11.6 Å². The summed E-state index contributed by atoms with van der Waals surface area (Å²) in [6, 6.07) is 13.5. The average Bonchev–Trinajstić information content (AvgIpc) is 2.68. The summed E-state index contributed by atoms with van der Waals surface area (Å²) in [6.45, 7) is 6.05. The molecule has 1 heterocycles. The lowest BCUT2D eigenvalue weighted by molar-refractivity contribution is 0.322. The Balaban J connectivity index is 1.42. The SMILES string of the molecule is CC(C)(C)S(=O)(=O)NC1CCC(CNc2ccc(Oc3ccccc3)nc2)CC1. The molecular formula is C22H31N3O3S. The predicted octanol–water partition coefficient (Wildman–Crippen LogP) is 4.56. The minimum absolute atomic E-state index is 0.0477. The number of nitrogens with one attached hydrogen (secondary N) is 2. The summed E-state index contributed by atoms with van der Waals surface area (Å²) in [5.74, 6) is 1.86. The van der Waals surface area contributed by atoms with Crippen molar-refractivity contribution in [2.45, 2.75) is 57.2 Å². The Morgan fingerprint density at radius 3 is 2.31 bits per heavy atom. The molecule has 2 N–H and O–H groups in total. The molecule has 1 aliphatic rings. The summed E-state index contributed by atoms with van der Waals surface area (Å²) in [5, 5.41) is 3.44. The van der Waals surface area contributed by atoms with E-state index in [2.05, 4.69) is 15.0 Å². The standard InChI is InChI=1S/C22H31N3O3S/c1-22(2,3)29(26,27)25-18-11-9-17(10-12-18)15-23-19-13-14-21(24-16-19)28-20-7-5-4-6-8-20/h4-8,13-14,16-18,23,25H,9-12,15H2,1-3H3. The summed E-state index contributed by atoms with van der Waals surface area (Å²) >= 11 is 0. The molecule has 1 aliphatic carbocycles. The molecule has 1 aromatic heterocycles. The van der Waals surface area contributed by atoms with Crippen LogP contribution >= 0.6 is 0 Å². The summed E-state index contributed by atoms with van der Waals surface area (Å²) in [5.41, 5.74) is 0.959. The predicted molar refractivity (Wildman–Crippen MR) is 117 cm³/mol. The lowest BCUT2D eigenvalue weighted by Gasteiger charge is -2.31. The fraction of sp³-hybridized carbons (Fsp3) is 0.500. The number of hydrogen-bond acceptors (Lipinski definition) is 5. The topological polar surface area (TPSA) is 80.3 Å². The van der Waals surface area contributed by atoms with Crippen LogP contribution in [0.15, 0.2) is 48.7 Å². The number of rotatable bonds is 7. The van der Waals surface area contributed by atoms with Gasteiger partial charge in [0.1, 0.15) is 5.75 Å². The van der Waals surface area contributed by atoms with Gasteiger partial charge in [0, 0.05) is 18.7 Å². The Kier molecular flexibility index (Phi) is 6.80. The van der Waals surface area contributed by atoms with Crippen molar-refractivity contribution < 1.29 is 13.2 Å². The highest BCUT2D eigenvalue weighted by atomic mass is 32.2. The van der Waals surface area contributed by atoms with Crippen molar-refractivity contribution in [3.05, 3.63) is 48.7 Å². The second kappa shape index (κ2) is 9.13. The summed E-state index contributed by atoms with van der Waals surface area (Å²) in [4.78, 5) is 4.35. The first-order chi connectivity index (χ1) is 13.7. The second-order valence-electron chi connectivity index (χ2n) is 8.63. The quantitative estimate of drug-likeness (QED) is 0.690. The maximum atomic E-state index is 12.3. The van der Waals surface area contributed by atoms with Crippen LogP contribution in [0.4, 0.5) is 5.69 Å². The number of sulfonamides is 1. The van der Waals surface area contributed by atoms with E-state index in [1.807, 2.05) is 42.5 Å². The number of anilines is 1. The van der Waals surface area contributed by atoms with E-state index >= 15 is 0 Å². The smallest absolute Gasteiger partial charge is 0.219 e. The van der Waals surface area contributed by atoms with Gasteiger partial charge in [0.05, 0.1) is 16.6 Å². The number of ether oxygens (including phenoxy) is 1. The van der Waals surface area contributed by atoms with Gasteiger partial charge in [0.2, 0.25) is 15.9 Å². The van der Waals surface area contributed by atoms with E-state index in [9.17, 15) is 8.42 Å². The van der Waals surface area contributed by atoms with E-state index < -0.39 is 14.8 Å². The Labute approximate surface area is 174 Å². The largest absolute Gasteiger partial charge is 0.439 e. The first-order valence-corrected chi connectivity index (χ1v) is 11.7. The monoisotopic (exact) mass is 417 g/mol. The minimum Gasteiger partial charge on any atom is -0.439 e. The Morgan fingerprint density at radius 2 is 1.72 bits per heavy atom. The van der Waals surface area contributed by atoms with Crippen LogP contribution in [-0.2, 0) is 10.0 Å². The van der Waals surface area contributed by atoms with Gasteiger partial charge >= 0.3 is 0 Å². The lowest BCUT2D eigenvalue weighted by atomic mass is 9.86. The van der Waals surface area contributed by atoms with Crippen LogP contribution in [0, 0.1) is 5.92 Å². The molecule has 0 spiro atoms. The lowest BCUT2D eigenvalue weighted by Crippen LogP contribution is -2.46. The van der Waals surface area contributed by atoms with Crippen molar-refractivity contribution in [1.82, 2.24) is 9.71 Å². The van der Waals surface area contributed by atoms with Crippen molar-refractivity contribution in [2.24, 2.45) is 5.92 Å². The number of aromatic nitrogens is 1. The van der Waals surface area contributed by atoms with E-state index in [1.54, 1.807) is 27.0 Å². The fourth-order valence-electron chi connectivity index (χ4n) is 3.30. The molecule has 0 saturated heterocycles. The first kappa shape index (κ1) is 21.6. The van der Waals surface area contributed by atoms with Crippen molar-refractivity contribution in [1.29, 1.82) is 0 Å². The summed E-state index contributed by atoms with van der Waals surface area (Å²) < 4.78 is 32.5.